The highest BCUT2D eigenvalue weighted by molar-refractivity contribution is 6.07. The molecule has 0 fully saturated rings. The van der Waals surface area contributed by atoms with Crippen LogP contribution in [-0.2, 0) is 30.3 Å². The number of carbonyl (C=O) groups is 3. The van der Waals surface area contributed by atoms with E-state index in [0.29, 0.717) is 16.8 Å². The molecule has 0 radical (unpaired) electrons. The Bertz CT molecular complexity index is 847. The van der Waals surface area contributed by atoms with Gasteiger partial charge in [0.1, 0.15) is 0 Å². The van der Waals surface area contributed by atoms with Crippen molar-refractivity contribution in [1.82, 2.24) is 10.3 Å². The number of nitrogens with zero attached hydrogens (tertiary/aromatic N) is 1. The molecular formula is C18H19N3O5. The van der Waals surface area contributed by atoms with Gasteiger partial charge in [0.25, 0.3) is 0 Å². The summed E-state index contributed by atoms with van der Waals surface area (Å²) in [7, 11) is 0. The number of aromatic nitrogens is 1. The van der Waals surface area contributed by atoms with Crippen LogP contribution in [0, 0.1) is 6.57 Å². The van der Waals surface area contributed by atoms with E-state index in [1.807, 2.05) is 0 Å². The van der Waals surface area contributed by atoms with Crippen LogP contribution in [0.2, 0.25) is 0 Å². The van der Waals surface area contributed by atoms with Crippen LogP contribution in [0.3, 0.4) is 0 Å². The number of nitrogens with one attached hydrogen (secondary N) is 2. The van der Waals surface area contributed by atoms with Gasteiger partial charge in [-0.3, -0.25) is 4.79 Å². The maximum absolute atomic E-state index is 12.5. The number of hydrogen-bond acceptors (Lipinski definition) is 5. The van der Waals surface area contributed by atoms with E-state index < -0.39 is 17.5 Å². The van der Waals surface area contributed by atoms with E-state index in [4.69, 9.17) is 16.0 Å². The van der Waals surface area contributed by atoms with Gasteiger partial charge in [-0.25, -0.2) is 14.4 Å². The summed E-state index contributed by atoms with van der Waals surface area (Å²) >= 11 is 0. The molecule has 1 heterocycles. The van der Waals surface area contributed by atoms with Gasteiger partial charge in [0.2, 0.25) is 11.9 Å². The van der Waals surface area contributed by atoms with Crippen molar-refractivity contribution in [1.29, 1.82) is 0 Å². The van der Waals surface area contributed by atoms with Crippen LogP contribution in [0.4, 0.5) is 5.69 Å². The van der Waals surface area contributed by atoms with Crippen LogP contribution in [0.25, 0.3) is 15.7 Å². The van der Waals surface area contributed by atoms with Gasteiger partial charge in [-0.15, -0.1) is 0 Å². The van der Waals surface area contributed by atoms with Gasteiger partial charge in [0, 0.05) is 23.5 Å². The van der Waals surface area contributed by atoms with Gasteiger partial charge in [-0.1, -0.05) is 12.1 Å². The Kier molecular flexibility index (Phi) is 5.96. The molecule has 0 unspecified atom stereocenters. The quantitative estimate of drug-likeness (QED) is 0.325. The molecule has 0 aliphatic rings. The zero-order valence-corrected chi connectivity index (χ0v) is 14.5. The van der Waals surface area contributed by atoms with Crippen LogP contribution in [0.15, 0.2) is 24.4 Å². The van der Waals surface area contributed by atoms with E-state index in [1.54, 1.807) is 38.2 Å². The van der Waals surface area contributed by atoms with Crippen molar-refractivity contribution in [3.05, 3.63) is 41.4 Å². The summed E-state index contributed by atoms with van der Waals surface area (Å²) in [6.45, 7) is 10.4. The largest absolute Gasteiger partial charge is 0.464 e. The number of aromatic amines is 1. The Morgan fingerprint density at radius 1 is 1.27 bits per heavy atom. The third-order valence-corrected chi connectivity index (χ3v) is 3.89. The molecule has 8 heteroatoms. The average molecular weight is 357 g/mol. The summed E-state index contributed by atoms with van der Waals surface area (Å²) < 4.78 is 10.0. The van der Waals surface area contributed by atoms with Gasteiger partial charge >= 0.3 is 11.9 Å². The Hall–Kier alpha value is -3.34. The number of H-pyrrole nitrogens is 1. The number of amides is 1. The summed E-state index contributed by atoms with van der Waals surface area (Å²) in [5.74, 6) is -1.78. The lowest BCUT2D eigenvalue weighted by Gasteiger charge is -2.28. The van der Waals surface area contributed by atoms with E-state index >= 15 is 0 Å². The molecule has 136 valence electrons. The lowest BCUT2D eigenvalue weighted by Crippen LogP contribution is -2.60. The van der Waals surface area contributed by atoms with E-state index in [1.165, 1.54) is 0 Å². The van der Waals surface area contributed by atoms with Crippen molar-refractivity contribution in [2.75, 3.05) is 13.2 Å². The first-order chi connectivity index (χ1) is 12.5. The fourth-order valence-corrected chi connectivity index (χ4v) is 2.68. The summed E-state index contributed by atoms with van der Waals surface area (Å²) in [5.41, 5.74) is -0.242. The predicted molar refractivity (Wildman–Crippen MR) is 93.5 cm³/mol. The van der Waals surface area contributed by atoms with Crippen molar-refractivity contribution in [2.45, 2.75) is 25.8 Å². The summed E-state index contributed by atoms with van der Waals surface area (Å²) in [6.07, 6.45) is 1.75. The second-order valence-electron chi connectivity index (χ2n) is 5.44. The average Bonchev–Trinajstić information content (AvgIpc) is 3.03. The number of fused-ring (bicyclic) bond motifs is 1. The van der Waals surface area contributed by atoms with E-state index in [2.05, 4.69) is 15.1 Å². The van der Waals surface area contributed by atoms with Gasteiger partial charge in [-0.05, 0) is 25.5 Å². The molecule has 8 nitrogen and oxygen atoms in total. The molecule has 1 aromatic heterocycles. The standard InChI is InChI=1S/C18H19N3O5/c1-4-25-16(23)18(21-11-22,17(24)26-5-2)9-12-10-20-15-8-13(19-3)6-7-14(12)15/h6-8,10-11,20H,4-5,9H2,1-2H3,(H,21,22). The number of ether oxygens (including phenoxy) is 2. The van der Waals surface area contributed by atoms with Crippen LogP contribution < -0.4 is 5.32 Å². The molecule has 0 saturated carbocycles. The smallest absolute Gasteiger partial charge is 0.344 e. The lowest BCUT2D eigenvalue weighted by molar-refractivity contribution is -0.167. The van der Waals surface area contributed by atoms with Crippen LogP contribution >= 0.6 is 0 Å². The Labute approximate surface area is 150 Å². The van der Waals surface area contributed by atoms with Crippen LogP contribution in [0.5, 0.6) is 0 Å². The fraction of sp³-hybridized carbons (Fsp3) is 0.333. The highest BCUT2D eigenvalue weighted by atomic mass is 16.6. The molecule has 2 aromatic rings. The zero-order chi connectivity index (χ0) is 19.2. The molecule has 2 rings (SSSR count). The molecule has 2 N–H and O–H groups in total. The van der Waals surface area contributed by atoms with Crippen molar-refractivity contribution < 1.29 is 23.9 Å². The molecule has 0 spiro atoms. The monoisotopic (exact) mass is 357 g/mol. The van der Waals surface area contributed by atoms with Gasteiger partial charge in [0.05, 0.1) is 19.8 Å². The minimum absolute atomic E-state index is 0.0444. The van der Waals surface area contributed by atoms with Crippen molar-refractivity contribution in [3.8, 4) is 0 Å². The molecule has 0 atom stereocenters. The third kappa shape index (κ3) is 3.52. The first-order valence-electron chi connectivity index (χ1n) is 8.05. The predicted octanol–water partition coefficient (Wildman–Crippen LogP) is 1.87. The maximum atomic E-state index is 12.5. The van der Waals surface area contributed by atoms with Gasteiger partial charge in [-0.2, -0.15) is 0 Å². The first kappa shape index (κ1) is 19.0. The maximum Gasteiger partial charge on any atom is 0.344 e. The summed E-state index contributed by atoms with van der Waals surface area (Å²) in [5, 5.41) is 3.02. The fourth-order valence-electron chi connectivity index (χ4n) is 2.68. The van der Waals surface area contributed by atoms with Crippen LogP contribution in [-0.4, -0.2) is 42.1 Å². The molecule has 0 aliphatic carbocycles. The third-order valence-electron chi connectivity index (χ3n) is 3.89. The second kappa shape index (κ2) is 8.16. The number of carbonyl (C=O) groups excluding carboxylic acids is 3. The topological polar surface area (TPSA) is 102 Å². The van der Waals surface area contributed by atoms with Gasteiger partial charge < -0.3 is 19.8 Å². The Morgan fingerprint density at radius 2 is 1.92 bits per heavy atom. The molecule has 0 bridgehead atoms. The molecule has 26 heavy (non-hydrogen) atoms. The van der Waals surface area contributed by atoms with Crippen molar-refractivity contribution in [3.63, 3.8) is 0 Å². The summed E-state index contributed by atoms with van der Waals surface area (Å²) in [6, 6.07) is 5.02. The number of rotatable bonds is 8. The van der Waals surface area contributed by atoms with Crippen molar-refractivity contribution in [2.24, 2.45) is 0 Å². The number of hydrogen-bond donors (Lipinski definition) is 2. The summed E-state index contributed by atoms with van der Waals surface area (Å²) in [4.78, 5) is 42.6. The van der Waals surface area contributed by atoms with Crippen molar-refractivity contribution >= 4 is 34.9 Å². The molecule has 0 saturated heterocycles. The lowest BCUT2D eigenvalue weighted by atomic mass is 9.90. The molecule has 1 amide bonds. The van der Waals surface area contributed by atoms with Crippen LogP contribution in [0.1, 0.15) is 19.4 Å². The molecule has 0 aliphatic heterocycles. The molecular weight excluding hydrogens is 338 g/mol. The van der Waals surface area contributed by atoms with E-state index in [-0.39, 0.29) is 26.0 Å². The second-order valence-corrected chi connectivity index (χ2v) is 5.44. The van der Waals surface area contributed by atoms with Gasteiger partial charge in [0.15, 0.2) is 5.69 Å². The highest BCUT2D eigenvalue weighted by Crippen LogP contribution is 2.27. The molecule has 1 aromatic carbocycles. The zero-order valence-electron chi connectivity index (χ0n) is 14.5. The highest BCUT2D eigenvalue weighted by Gasteiger charge is 2.49. The number of benzene rings is 1. The normalized spacial score (nSPS) is 10.8. The number of esters is 2. The van der Waals surface area contributed by atoms with E-state index in [0.717, 1.165) is 5.39 Å². The SMILES string of the molecule is [C-]#[N+]c1ccc2c(CC(NC=O)(C(=O)OCC)C(=O)OCC)c[nH]c2c1. The Balaban J connectivity index is 2.52. The first-order valence-corrected chi connectivity index (χ1v) is 8.05. The minimum Gasteiger partial charge on any atom is -0.464 e. The Morgan fingerprint density at radius 3 is 2.46 bits per heavy atom. The van der Waals surface area contributed by atoms with E-state index in [9.17, 15) is 14.4 Å². The minimum atomic E-state index is -1.98.